The van der Waals surface area contributed by atoms with E-state index in [1.165, 1.54) is 45.0 Å². The highest BCUT2D eigenvalue weighted by Crippen LogP contribution is 2.46. The van der Waals surface area contributed by atoms with Crippen molar-refractivity contribution in [3.8, 4) is 0 Å². The van der Waals surface area contributed by atoms with Gasteiger partial charge in [0.2, 0.25) is 70.9 Å². The minimum absolute atomic E-state index is 0.0218. The summed E-state index contributed by atoms with van der Waals surface area (Å²) in [6.45, 7) is 4.14. The lowest BCUT2D eigenvalue weighted by Gasteiger charge is -2.42. The molecule has 110 heavy (non-hydrogen) atoms. The highest BCUT2D eigenvalue weighted by molar-refractivity contribution is 6.01. The largest absolute Gasteiger partial charge is 0.397 e. The minimum Gasteiger partial charge on any atom is -0.378 e. The smallest absolute Gasteiger partial charge is 0.378 e. The Morgan fingerprint density at radius 3 is 1.77 bits per heavy atom. The summed E-state index contributed by atoms with van der Waals surface area (Å²) < 4.78 is 153. The van der Waals surface area contributed by atoms with Crippen LogP contribution in [0.1, 0.15) is 182 Å². The normalized spacial score (nSPS) is 32.2. The summed E-state index contributed by atoms with van der Waals surface area (Å²) in [4.78, 5) is 191. The van der Waals surface area contributed by atoms with Gasteiger partial charge in [-0.05, 0) is 139 Å². The van der Waals surface area contributed by atoms with Crippen molar-refractivity contribution < 1.29 is 106 Å². The van der Waals surface area contributed by atoms with E-state index in [2.05, 4.69) is 16.0 Å². The fraction of sp³-hybridized carbons (Fsp3) is 0.840. The van der Waals surface area contributed by atoms with Gasteiger partial charge < -0.3 is 64.8 Å². The molecule has 0 radical (unpaired) electrons. The molecule has 622 valence electrons. The molecule has 4 heterocycles. The Bertz CT molecular complexity index is 3280. The van der Waals surface area contributed by atoms with Gasteiger partial charge in [-0.3, -0.25) is 57.5 Å². The van der Waals surface area contributed by atoms with Crippen LogP contribution in [0, 0.1) is 41.4 Å². The maximum atomic E-state index is 16.3. The zero-order valence-corrected chi connectivity index (χ0v) is 65.1. The van der Waals surface area contributed by atoms with Crippen molar-refractivity contribution in [1.29, 1.82) is 0 Å². The van der Waals surface area contributed by atoms with Gasteiger partial charge in [0.25, 0.3) is 5.92 Å². The monoisotopic (exact) mass is 1580 g/mol. The first-order valence-corrected chi connectivity index (χ1v) is 39.2. The predicted molar refractivity (Wildman–Crippen MR) is 379 cm³/mol. The third-order valence-electron chi connectivity index (χ3n) is 24.7. The molecule has 8 fully saturated rings. The van der Waals surface area contributed by atoms with Crippen LogP contribution in [-0.4, -0.2) is 294 Å². The Kier molecular flexibility index (Phi) is 30.0. The van der Waals surface area contributed by atoms with Crippen molar-refractivity contribution in [2.24, 2.45) is 41.4 Å². The number of nitrogens with zero attached hydrogens (tertiary/aromatic N) is 9. The molecule has 4 aliphatic carbocycles. The maximum Gasteiger partial charge on any atom is 0.397 e. The van der Waals surface area contributed by atoms with Gasteiger partial charge in [-0.1, -0.05) is 59.8 Å². The van der Waals surface area contributed by atoms with Crippen LogP contribution in [0.2, 0.25) is 0 Å². The van der Waals surface area contributed by atoms with Crippen LogP contribution < -0.4 is 16.0 Å². The predicted octanol–water partition coefficient (Wildman–Crippen LogP) is 6.58. The third-order valence-corrected chi connectivity index (χ3v) is 24.7. The van der Waals surface area contributed by atoms with E-state index >= 15 is 55.9 Å². The Morgan fingerprint density at radius 1 is 0.591 bits per heavy atom. The zero-order valence-electron chi connectivity index (χ0n) is 65.1. The fourth-order valence-electron chi connectivity index (χ4n) is 17.9. The fourth-order valence-corrected chi connectivity index (χ4v) is 17.9. The molecule has 0 aromatic carbocycles. The zero-order chi connectivity index (χ0) is 81.4. The van der Waals surface area contributed by atoms with E-state index in [1.807, 2.05) is 0 Å². The van der Waals surface area contributed by atoms with Crippen LogP contribution in [0.15, 0.2) is 0 Å². The van der Waals surface area contributed by atoms with Crippen LogP contribution in [0.4, 0.5) is 43.9 Å². The van der Waals surface area contributed by atoms with Crippen molar-refractivity contribution in [2.45, 2.75) is 266 Å². The Morgan fingerprint density at radius 2 is 1.19 bits per heavy atom. The summed E-state index contributed by atoms with van der Waals surface area (Å²) in [6.07, 6.45) is -18.0. The number of rotatable bonds is 11. The van der Waals surface area contributed by atoms with Crippen LogP contribution >= 0.6 is 0 Å². The second-order valence-electron chi connectivity index (χ2n) is 32.9. The van der Waals surface area contributed by atoms with Gasteiger partial charge in [-0.2, -0.15) is 26.3 Å². The quantitative estimate of drug-likeness (QED) is 0.185. The van der Waals surface area contributed by atoms with Crippen LogP contribution in [0.25, 0.3) is 0 Å². The average molecular weight is 1580 g/mol. The molecule has 8 aliphatic rings. The maximum absolute atomic E-state index is 16.3. The lowest BCUT2D eigenvalue weighted by atomic mass is 9.76. The van der Waals surface area contributed by atoms with E-state index in [4.69, 9.17) is 4.74 Å². The number of nitrogens with one attached hydrogen (secondary N) is 3. The molecule has 25 nitrogen and oxygen atoms in total. The van der Waals surface area contributed by atoms with Gasteiger partial charge >= 0.3 is 12.4 Å². The first-order chi connectivity index (χ1) is 51.5. The molecule has 12 amide bonds. The summed E-state index contributed by atoms with van der Waals surface area (Å²) >= 11 is 0. The number of amides is 12. The molecule has 2 bridgehead atoms. The van der Waals surface area contributed by atoms with Crippen LogP contribution in [-0.2, 0) is 62.3 Å². The molecule has 3 N–H and O–H groups in total. The average Bonchev–Trinajstić information content (AvgIpc) is 1.57. The van der Waals surface area contributed by atoms with E-state index in [9.17, 15) is 45.5 Å². The number of hydrogen-bond donors (Lipinski definition) is 3. The van der Waals surface area contributed by atoms with Gasteiger partial charge in [0.15, 0.2) is 0 Å². The number of hydrogen-bond acceptors (Lipinski definition) is 13. The second-order valence-corrected chi connectivity index (χ2v) is 32.9. The molecule has 0 aromatic heterocycles. The molecule has 4 saturated carbocycles. The highest BCUT2D eigenvalue weighted by atomic mass is 19.4. The number of ether oxygens (including phenoxy) is 1. The van der Waals surface area contributed by atoms with Crippen molar-refractivity contribution >= 4 is 70.9 Å². The number of carbonyl (C=O) groups is 12. The van der Waals surface area contributed by atoms with Crippen LogP contribution in [0.3, 0.4) is 0 Å². The number of halogens is 10. The molecule has 8 rings (SSSR count). The van der Waals surface area contributed by atoms with Crippen molar-refractivity contribution in [1.82, 2.24) is 60.0 Å². The van der Waals surface area contributed by atoms with Gasteiger partial charge in [0.05, 0.1) is 45.2 Å². The summed E-state index contributed by atoms with van der Waals surface area (Å²) in [7, 11) is 7.75. The molecule has 11 atom stereocenters. The first-order valence-electron chi connectivity index (χ1n) is 39.2. The van der Waals surface area contributed by atoms with E-state index in [-0.39, 0.29) is 122 Å². The van der Waals surface area contributed by atoms with Crippen LogP contribution in [0.5, 0.6) is 0 Å². The number of carbonyl (C=O) groups excluding carboxylic acids is 12. The number of morpholine rings is 1. The first kappa shape index (κ1) is 88.5. The number of fused-ring (bicyclic) bond motifs is 3. The molecular formula is C75H114F10N12O13. The van der Waals surface area contributed by atoms with Crippen molar-refractivity contribution in [3.05, 3.63) is 0 Å². The van der Waals surface area contributed by atoms with E-state index < -0.39 is 249 Å². The topological polar surface area (TPSA) is 279 Å². The Balaban J connectivity index is 1.21. The lowest BCUT2D eigenvalue weighted by Crippen LogP contribution is -2.65. The molecule has 4 aliphatic heterocycles. The number of alkyl halides is 10. The van der Waals surface area contributed by atoms with E-state index in [1.54, 1.807) is 27.7 Å². The SMILES string of the molecule is CC[C@H](C)[C@@H]1NC(=O)[C@H](CC(C)C)N(C)C(=O)C[C@@H](C(=O)N2CCOCC2)N(C)C(=O)[C@H](C2CCCC2)N(C)C(=O)C2(CCCC2)NC(=O)[C@@H]2CC(F)(F)CN2C(=O)[C@H](CCC2CC(F)C(C(F)(F)F)C(F)C2)NC(=O)CN(C)C(=O)[C@H](CC2CCC(C(F)(F)F)CC2)N2CCCC[C@@H](C2=O)N(C)C(=O)CN(C)C1=O. The summed E-state index contributed by atoms with van der Waals surface area (Å²) in [5.74, 6) is -22.7. The summed E-state index contributed by atoms with van der Waals surface area (Å²) in [5.41, 5.74) is -1.94. The van der Waals surface area contributed by atoms with Gasteiger partial charge in [0, 0.05) is 68.3 Å². The Labute approximate surface area is 637 Å². The molecule has 35 heteroatoms. The summed E-state index contributed by atoms with van der Waals surface area (Å²) in [6, 6.07) is -12.6. The standard InChI is InChI=1S/C75H114F10N12O13/c1-11-44(4)61-69(107)90(6)41-59(100)91(7)52-20-14-17-29-96(68(52)106)55(37-45-21-24-48(25-22-45)74(80,81)82)66(104)89(5)40-57(98)86-51(26-23-46-35-49(76)60(50(77)36-46)75(83,84)85)65(103)97-42-73(78,79)39-56(97)64(102)88-72(27-15-16-28-72)71(109)94(10)62(47-18-12-13-19-47)70(108)93(9)54(67(105)95-30-32-110-33-31-95)38-58(99)92(8)53(34-43(2)3)63(101)87-61/h43-56,60-62H,11-42H2,1-10H3,(H,86,98)(H,87,101)(H,88,102)/t44-,45?,46?,48?,49?,50?,51-,52-,53-,54-,55-,56-,60?,61-,62-/m0/s1. The lowest BCUT2D eigenvalue weighted by molar-refractivity contribution is -0.219. The molecular weight excluding hydrogens is 1470 g/mol. The van der Waals surface area contributed by atoms with Crippen molar-refractivity contribution in [3.63, 3.8) is 0 Å². The molecule has 4 saturated heterocycles. The molecule has 0 aromatic rings. The van der Waals surface area contributed by atoms with Gasteiger partial charge in [-0.25, -0.2) is 17.6 Å². The minimum atomic E-state index is -5.28. The van der Waals surface area contributed by atoms with Gasteiger partial charge in [0.1, 0.15) is 72.1 Å². The van der Waals surface area contributed by atoms with Crippen molar-refractivity contribution in [2.75, 3.05) is 94.8 Å². The molecule has 2 unspecified atom stereocenters. The van der Waals surface area contributed by atoms with E-state index in [0.717, 1.165) is 36.4 Å². The summed E-state index contributed by atoms with van der Waals surface area (Å²) in [5, 5.41) is 7.97. The number of likely N-dealkylation sites (N-methyl/N-ethyl adjacent to an activating group) is 6. The second kappa shape index (κ2) is 37.2. The highest BCUT2D eigenvalue weighted by Gasteiger charge is 2.57. The van der Waals surface area contributed by atoms with E-state index in [0.29, 0.717) is 37.0 Å². The Hall–Kier alpha value is -7.10. The van der Waals surface area contributed by atoms with Gasteiger partial charge in [-0.15, -0.1) is 0 Å². The third kappa shape index (κ3) is 21.2. The molecule has 1 spiro atoms.